The minimum atomic E-state index is -0.145. The molecule has 11 aromatic carbocycles. The fraction of sp³-hybridized carbons (Fsp3) is 0.0704. The van der Waals surface area contributed by atoms with E-state index in [0.717, 1.165) is 6.42 Å². The summed E-state index contributed by atoms with van der Waals surface area (Å²) >= 11 is 0. The van der Waals surface area contributed by atoms with Crippen LogP contribution in [0.1, 0.15) is 42.9 Å². The molecule has 2 heterocycles. The van der Waals surface area contributed by atoms with Crippen molar-refractivity contribution in [3.63, 3.8) is 0 Å². The first-order valence-corrected chi connectivity index (χ1v) is 25.8. The summed E-state index contributed by atoms with van der Waals surface area (Å²) in [5, 5.41) is 11.6. The molecule has 2 heteroatoms. The first-order valence-electron chi connectivity index (χ1n) is 25.8. The van der Waals surface area contributed by atoms with Crippen LogP contribution in [-0.4, -0.2) is 9.13 Å². The lowest BCUT2D eigenvalue weighted by atomic mass is 9.80. The van der Waals surface area contributed by atoms with Gasteiger partial charge in [-0.15, -0.1) is 0 Å². The van der Waals surface area contributed by atoms with Crippen molar-refractivity contribution in [2.75, 3.05) is 0 Å². The van der Waals surface area contributed by atoms with E-state index in [0.29, 0.717) is 0 Å². The summed E-state index contributed by atoms with van der Waals surface area (Å²) in [4.78, 5) is 0. The van der Waals surface area contributed by atoms with Gasteiger partial charge in [-0.2, -0.15) is 0 Å². The maximum Gasteiger partial charge on any atom is 0.0546 e. The smallest absolute Gasteiger partial charge is 0.0546 e. The summed E-state index contributed by atoms with van der Waals surface area (Å²) in [5.41, 5.74) is 20.2. The largest absolute Gasteiger partial charge is 0.309 e. The molecule has 15 rings (SSSR count). The second kappa shape index (κ2) is 16.0. The van der Waals surface area contributed by atoms with Crippen LogP contribution in [0.4, 0.5) is 0 Å². The fourth-order valence-corrected chi connectivity index (χ4v) is 12.8. The average Bonchev–Trinajstić information content (AvgIpc) is 4.05. The van der Waals surface area contributed by atoms with Crippen LogP contribution in [0.25, 0.3) is 122 Å². The highest BCUT2D eigenvalue weighted by Crippen LogP contribution is 2.51. The Morgan fingerprint density at radius 2 is 0.890 bits per heavy atom. The summed E-state index contributed by atoms with van der Waals surface area (Å²) in [5.74, 6) is 0.289. The SMILES string of the molecule is CC1(C)c2cc(-c3ccc(-c4ccc5c(c4)c4ccccc4n5-c4ccccc4)cc3)ccc2-c2ccc(-c3ccc(C4C=c5c(n(-c6cc7ccccc7c7ccccc67)c6ccccc56)=CC4)cc3)cc21. The lowest BCUT2D eigenvalue weighted by Crippen LogP contribution is -2.31. The predicted octanol–water partition coefficient (Wildman–Crippen LogP) is 17.1. The van der Waals surface area contributed by atoms with Crippen LogP contribution in [0.2, 0.25) is 0 Å². The summed E-state index contributed by atoms with van der Waals surface area (Å²) in [6.07, 6.45) is 5.95. The number of aromatic nitrogens is 2. The Kier molecular flexibility index (Phi) is 9.16. The van der Waals surface area contributed by atoms with Crippen molar-refractivity contribution in [1.82, 2.24) is 9.13 Å². The van der Waals surface area contributed by atoms with E-state index < -0.39 is 0 Å². The molecule has 2 aromatic heterocycles. The summed E-state index contributed by atoms with van der Waals surface area (Å²) in [7, 11) is 0. The molecular weight excluding hydrogens is 881 g/mol. The molecule has 2 nitrogen and oxygen atoms in total. The van der Waals surface area contributed by atoms with Gasteiger partial charge in [-0.05, 0) is 138 Å². The van der Waals surface area contributed by atoms with E-state index in [9.17, 15) is 0 Å². The van der Waals surface area contributed by atoms with Crippen LogP contribution < -0.4 is 10.6 Å². The van der Waals surface area contributed by atoms with Gasteiger partial charge in [0.1, 0.15) is 0 Å². The molecule has 1 atom stereocenters. The molecule has 2 aliphatic rings. The third kappa shape index (κ3) is 6.43. The van der Waals surface area contributed by atoms with Gasteiger partial charge in [-0.1, -0.05) is 208 Å². The number of fused-ring (bicyclic) bond motifs is 12. The number of benzene rings is 11. The van der Waals surface area contributed by atoms with Crippen molar-refractivity contribution in [1.29, 1.82) is 0 Å². The van der Waals surface area contributed by atoms with Gasteiger partial charge in [0, 0.05) is 49.1 Å². The molecule has 0 N–H and O–H groups in total. The Labute approximate surface area is 424 Å². The highest BCUT2D eigenvalue weighted by Gasteiger charge is 2.36. The van der Waals surface area contributed by atoms with Gasteiger partial charge in [0.05, 0.1) is 22.2 Å². The van der Waals surface area contributed by atoms with Crippen molar-refractivity contribution in [3.8, 4) is 55.9 Å². The molecule has 0 aliphatic heterocycles. The standard InChI is InChI=1S/C71H50N2/c1-71(2)64-42-51(47-28-24-45(25-29-47)49-34-38-68-62(40-49)60-20-10-12-22-66(60)72(68)54-15-4-3-5-16-54)32-36-57(64)58-37-33-52(43-65(58)71)48-30-26-46(27-31-48)50-35-39-69-63(41-50)61-21-11-13-23-67(61)73(69)70-44-53-14-6-7-17-55(53)56-18-8-9-19-59(56)70/h3-34,36-44,50H,35H2,1-2H3. The summed E-state index contributed by atoms with van der Waals surface area (Å²) in [6.45, 7) is 4.79. The zero-order chi connectivity index (χ0) is 48.4. The monoisotopic (exact) mass is 930 g/mol. The fourth-order valence-electron chi connectivity index (χ4n) is 12.8. The van der Waals surface area contributed by atoms with Crippen molar-refractivity contribution >= 4 is 66.4 Å². The van der Waals surface area contributed by atoms with Gasteiger partial charge in [-0.3, -0.25) is 0 Å². The van der Waals surface area contributed by atoms with Gasteiger partial charge in [-0.25, -0.2) is 0 Å². The lowest BCUT2D eigenvalue weighted by molar-refractivity contribution is 0.661. The van der Waals surface area contributed by atoms with E-state index in [1.165, 1.54) is 137 Å². The van der Waals surface area contributed by atoms with Crippen molar-refractivity contribution in [2.24, 2.45) is 0 Å². The normalized spacial score (nSPS) is 14.6. The zero-order valence-electron chi connectivity index (χ0n) is 40.9. The highest BCUT2D eigenvalue weighted by molar-refractivity contribution is 6.12. The third-order valence-electron chi connectivity index (χ3n) is 16.5. The second-order valence-electron chi connectivity index (χ2n) is 20.8. The summed E-state index contributed by atoms with van der Waals surface area (Å²) < 4.78 is 4.89. The topological polar surface area (TPSA) is 9.86 Å². The molecule has 0 fully saturated rings. The van der Waals surface area contributed by atoms with E-state index >= 15 is 0 Å². The first kappa shape index (κ1) is 41.8. The van der Waals surface area contributed by atoms with Gasteiger partial charge in [0.25, 0.3) is 0 Å². The van der Waals surface area contributed by atoms with E-state index in [4.69, 9.17) is 0 Å². The number of hydrogen-bond acceptors (Lipinski definition) is 0. The minimum Gasteiger partial charge on any atom is -0.309 e. The first-order chi connectivity index (χ1) is 35.9. The molecule has 0 bridgehead atoms. The molecule has 73 heavy (non-hydrogen) atoms. The number of rotatable bonds is 6. The number of nitrogens with zero attached hydrogens (tertiary/aromatic N) is 2. The predicted molar refractivity (Wildman–Crippen MR) is 308 cm³/mol. The van der Waals surface area contributed by atoms with Gasteiger partial charge in [0.2, 0.25) is 0 Å². The van der Waals surface area contributed by atoms with Crippen LogP contribution in [0.5, 0.6) is 0 Å². The Bertz CT molecular complexity index is 4530. The van der Waals surface area contributed by atoms with Gasteiger partial charge >= 0.3 is 0 Å². The quantitative estimate of drug-likeness (QED) is 0.147. The molecule has 344 valence electrons. The summed E-state index contributed by atoms with van der Waals surface area (Å²) in [6, 6.07) is 88.1. The second-order valence-corrected chi connectivity index (χ2v) is 20.8. The Morgan fingerprint density at radius 3 is 1.58 bits per heavy atom. The molecule has 13 aromatic rings. The minimum absolute atomic E-state index is 0.145. The Hall–Kier alpha value is -8.98. The van der Waals surface area contributed by atoms with Gasteiger partial charge in [0.15, 0.2) is 0 Å². The number of hydrogen-bond donors (Lipinski definition) is 0. The van der Waals surface area contributed by atoms with Crippen LogP contribution >= 0.6 is 0 Å². The van der Waals surface area contributed by atoms with E-state index in [1.807, 2.05) is 0 Å². The van der Waals surface area contributed by atoms with Gasteiger partial charge < -0.3 is 9.13 Å². The average molecular weight is 931 g/mol. The Balaban J connectivity index is 0.710. The van der Waals surface area contributed by atoms with Crippen LogP contribution in [0, 0.1) is 0 Å². The van der Waals surface area contributed by atoms with Crippen molar-refractivity contribution < 1.29 is 0 Å². The van der Waals surface area contributed by atoms with E-state index in [2.05, 4.69) is 272 Å². The van der Waals surface area contributed by atoms with Crippen LogP contribution in [-0.2, 0) is 5.41 Å². The highest BCUT2D eigenvalue weighted by atomic mass is 15.0. The maximum atomic E-state index is 2.52. The molecule has 1 unspecified atom stereocenters. The molecule has 2 aliphatic carbocycles. The molecule has 0 spiro atoms. The maximum absolute atomic E-state index is 2.52. The Morgan fingerprint density at radius 1 is 0.384 bits per heavy atom. The molecule has 0 radical (unpaired) electrons. The molecule has 0 saturated heterocycles. The van der Waals surface area contributed by atoms with Crippen LogP contribution in [0.15, 0.2) is 237 Å². The lowest BCUT2D eigenvalue weighted by Gasteiger charge is -2.23. The van der Waals surface area contributed by atoms with Crippen molar-refractivity contribution in [2.45, 2.75) is 31.6 Å². The molecule has 0 amide bonds. The number of para-hydroxylation sites is 3. The molecular formula is C71H50N2. The van der Waals surface area contributed by atoms with E-state index in [-0.39, 0.29) is 11.3 Å². The van der Waals surface area contributed by atoms with Crippen molar-refractivity contribution in [3.05, 3.63) is 264 Å². The van der Waals surface area contributed by atoms with Crippen LogP contribution in [0.3, 0.4) is 0 Å². The third-order valence-corrected chi connectivity index (χ3v) is 16.5. The van der Waals surface area contributed by atoms with E-state index in [1.54, 1.807) is 0 Å². The molecule has 0 saturated carbocycles. The zero-order valence-corrected chi connectivity index (χ0v) is 40.9.